The molecule has 2 saturated carbocycles. The normalized spacial score (nSPS) is 22.4. The Balaban J connectivity index is 1.65. The number of benzene rings is 1. The van der Waals surface area contributed by atoms with E-state index < -0.39 is 0 Å². The van der Waals surface area contributed by atoms with Crippen molar-refractivity contribution < 1.29 is 4.39 Å². The summed E-state index contributed by atoms with van der Waals surface area (Å²) in [5, 5.41) is 3.96. The van der Waals surface area contributed by atoms with Gasteiger partial charge in [0, 0.05) is 10.5 Å². The molecule has 3 rings (SSSR count). The lowest BCUT2D eigenvalue weighted by Gasteiger charge is -2.38. The molecule has 0 atom stereocenters. The van der Waals surface area contributed by atoms with Gasteiger partial charge in [-0.25, -0.2) is 4.39 Å². The summed E-state index contributed by atoms with van der Waals surface area (Å²) in [6.45, 7) is 0. The van der Waals surface area contributed by atoms with Gasteiger partial charge in [-0.3, -0.25) is 0 Å². The van der Waals surface area contributed by atoms with Crippen LogP contribution in [0, 0.1) is 11.2 Å². The molecule has 2 fully saturated rings. The highest BCUT2D eigenvalue weighted by Gasteiger charge is 2.37. The van der Waals surface area contributed by atoms with Crippen LogP contribution in [0.25, 0.3) is 0 Å². The van der Waals surface area contributed by atoms with E-state index in [1.807, 2.05) is 0 Å². The van der Waals surface area contributed by atoms with Crippen LogP contribution in [0.3, 0.4) is 0 Å². The van der Waals surface area contributed by atoms with E-state index in [-0.39, 0.29) is 5.82 Å². The number of hydrogen-bond donors (Lipinski definition) is 1. The molecular formula is C16H20BrClFN. The van der Waals surface area contributed by atoms with Crippen molar-refractivity contribution in [3.8, 4) is 0 Å². The molecule has 2 aliphatic carbocycles. The summed E-state index contributed by atoms with van der Waals surface area (Å²) in [6.07, 6.45) is 10.7. The van der Waals surface area contributed by atoms with Gasteiger partial charge in [0.2, 0.25) is 0 Å². The van der Waals surface area contributed by atoms with Crippen LogP contribution in [0.4, 0.5) is 10.1 Å². The highest BCUT2D eigenvalue weighted by molar-refractivity contribution is 9.10. The van der Waals surface area contributed by atoms with E-state index in [2.05, 4.69) is 21.2 Å². The predicted octanol–water partition coefficient (Wildman–Crippen LogP) is 6.16. The van der Waals surface area contributed by atoms with Gasteiger partial charge in [0.15, 0.2) is 0 Å². The Hall–Kier alpha value is -0.280. The van der Waals surface area contributed by atoms with Crippen LogP contribution in [0.5, 0.6) is 0 Å². The van der Waals surface area contributed by atoms with Crippen LogP contribution in [-0.2, 0) is 0 Å². The van der Waals surface area contributed by atoms with Gasteiger partial charge in [0.05, 0.1) is 10.7 Å². The third-order valence-electron chi connectivity index (χ3n) is 5.07. The summed E-state index contributed by atoms with van der Waals surface area (Å²) in [5.74, 6) is -0.305. The summed E-state index contributed by atoms with van der Waals surface area (Å²) >= 11 is 9.54. The van der Waals surface area contributed by atoms with Crippen molar-refractivity contribution in [2.24, 2.45) is 5.41 Å². The molecule has 0 aliphatic heterocycles. The molecule has 0 aromatic heterocycles. The second-order valence-electron chi connectivity index (χ2n) is 6.37. The first-order valence-electron chi connectivity index (χ1n) is 7.49. The average molecular weight is 361 g/mol. The molecular weight excluding hydrogens is 341 g/mol. The van der Waals surface area contributed by atoms with Gasteiger partial charge in [0.1, 0.15) is 5.82 Å². The van der Waals surface area contributed by atoms with Gasteiger partial charge in [-0.15, -0.1) is 0 Å². The SMILES string of the molecule is Fc1cc(Cl)c(NC2CCC3(CCCC3)CC2)c(Br)c1. The standard InChI is InChI=1S/C16H20BrClFN/c17-13-9-11(19)10-14(18)15(13)20-12-3-7-16(8-4-12)5-1-2-6-16/h9-10,12,20H,1-8H2. The molecule has 1 aromatic rings. The van der Waals surface area contributed by atoms with E-state index in [0.717, 1.165) is 5.69 Å². The van der Waals surface area contributed by atoms with Crippen molar-refractivity contribution in [1.29, 1.82) is 0 Å². The fourth-order valence-electron chi connectivity index (χ4n) is 3.88. The van der Waals surface area contributed by atoms with Crippen molar-refractivity contribution >= 4 is 33.2 Å². The van der Waals surface area contributed by atoms with Crippen LogP contribution in [-0.4, -0.2) is 6.04 Å². The Morgan fingerprint density at radius 3 is 2.40 bits per heavy atom. The monoisotopic (exact) mass is 359 g/mol. The van der Waals surface area contributed by atoms with Crippen molar-refractivity contribution in [1.82, 2.24) is 0 Å². The second kappa shape index (κ2) is 5.84. The maximum atomic E-state index is 13.2. The van der Waals surface area contributed by atoms with Crippen molar-refractivity contribution in [2.75, 3.05) is 5.32 Å². The zero-order chi connectivity index (χ0) is 14.2. The third kappa shape index (κ3) is 2.99. The summed E-state index contributed by atoms with van der Waals surface area (Å²) in [4.78, 5) is 0. The molecule has 1 N–H and O–H groups in total. The third-order valence-corrected chi connectivity index (χ3v) is 5.99. The first-order valence-corrected chi connectivity index (χ1v) is 8.66. The number of anilines is 1. The van der Waals surface area contributed by atoms with E-state index in [1.165, 1.54) is 63.5 Å². The first kappa shape index (κ1) is 14.6. The molecule has 1 nitrogen and oxygen atoms in total. The maximum Gasteiger partial charge on any atom is 0.125 e. The highest BCUT2D eigenvalue weighted by atomic mass is 79.9. The van der Waals surface area contributed by atoms with Crippen LogP contribution in [0.1, 0.15) is 51.4 Å². The Kier molecular flexibility index (Phi) is 4.28. The molecule has 20 heavy (non-hydrogen) atoms. The maximum absolute atomic E-state index is 13.2. The van der Waals surface area contributed by atoms with Crippen molar-refractivity contribution in [3.05, 3.63) is 27.4 Å². The fourth-order valence-corrected chi connectivity index (χ4v) is 4.81. The summed E-state index contributed by atoms with van der Waals surface area (Å²) in [6, 6.07) is 3.30. The Labute approximate surface area is 133 Å². The zero-order valence-corrected chi connectivity index (χ0v) is 13.9. The van der Waals surface area contributed by atoms with Gasteiger partial charge in [-0.2, -0.15) is 0 Å². The first-order chi connectivity index (χ1) is 9.58. The Bertz CT molecular complexity index is 466. The van der Waals surface area contributed by atoms with E-state index in [0.29, 0.717) is 21.0 Å². The molecule has 2 aliphatic rings. The molecule has 0 heterocycles. The second-order valence-corrected chi connectivity index (χ2v) is 7.63. The number of hydrogen-bond acceptors (Lipinski definition) is 1. The van der Waals surface area contributed by atoms with Gasteiger partial charge in [-0.1, -0.05) is 24.4 Å². The van der Waals surface area contributed by atoms with Crippen LogP contribution in [0.15, 0.2) is 16.6 Å². The lowest BCUT2D eigenvalue weighted by atomic mass is 9.71. The Morgan fingerprint density at radius 1 is 1.15 bits per heavy atom. The van der Waals surface area contributed by atoms with Crippen molar-refractivity contribution in [2.45, 2.75) is 57.4 Å². The lowest BCUT2D eigenvalue weighted by molar-refractivity contribution is 0.188. The van der Waals surface area contributed by atoms with Gasteiger partial charge in [-0.05, 0) is 72.0 Å². The minimum atomic E-state index is -0.305. The zero-order valence-electron chi connectivity index (χ0n) is 11.5. The average Bonchev–Trinajstić information content (AvgIpc) is 2.85. The molecule has 0 amide bonds. The van der Waals surface area contributed by atoms with Gasteiger partial charge < -0.3 is 5.32 Å². The quantitative estimate of drug-likeness (QED) is 0.666. The molecule has 110 valence electrons. The number of halogens is 3. The molecule has 0 bridgehead atoms. The largest absolute Gasteiger partial charge is 0.380 e. The molecule has 1 aromatic carbocycles. The van der Waals surface area contributed by atoms with Crippen molar-refractivity contribution in [3.63, 3.8) is 0 Å². The van der Waals surface area contributed by atoms with E-state index in [1.54, 1.807) is 0 Å². The van der Waals surface area contributed by atoms with E-state index in [9.17, 15) is 4.39 Å². The highest BCUT2D eigenvalue weighted by Crippen LogP contribution is 2.49. The Morgan fingerprint density at radius 2 is 1.80 bits per heavy atom. The number of rotatable bonds is 2. The van der Waals surface area contributed by atoms with Gasteiger partial charge >= 0.3 is 0 Å². The molecule has 0 unspecified atom stereocenters. The molecule has 1 spiro atoms. The van der Waals surface area contributed by atoms with Gasteiger partial charge in [0.25, 0.3) is 0 Å². The summed E-state index contributed by atoms with van der Waals surface area (Å²) in [5.41, 5.74) is 1.47. The minimum absolute atomic E-state index is 0.305. The summed E-state index contributed by atoms with van der Waals surface area (Å²) in [7, 11) is 0. The smallest absolute Gasteiger partial charge is 0.125 e. The minimum Gasteiger partial charge on any atom is -0.380 e. The van der Waals surface area contributed by atoms with Crippen LogP contribution >= 0.6 is 27.5 Å². The molecule has 0 radical (unpaired) electrons. The van der Waals surface area contributed by atoms with Crippen LogP contribution in [0.2, 0.25) is 5.02 Å². The lowest BCUT2D eigenvalue weighted by Crippen LogP contribution is -2.31. The van der Waals surface area contributed by atoms with E-state index >= 15 is 0 Å². The molecule has 4 heteroatoms. The van der Waals surface area contributed by atoms with Crippen LogP contribution < -0.4 is 5.32 Å². The molecule has 0 saturated heterocycles. The fraction of sp³-hybridized carbons (Fsp3) is 0.625. The topological polar surface area (TPSA) is 12.0 Å². The number of nitrogens with one attached hydrogen (secondary N) is 1. The summed E-state index contributed by atoms with van der Waals surface area (Å²) < 4.78 is 14.0. The van der Waals surface area contributed by atoms with E-state index in [4.69, 9.17) is 11.6 Å². The predicted molar refractivity (Wildman–Crippen MR) is 85.9 cm³/mol.